The molecule has 4 nitrogen and oxygen atoms in total. The Kier molecular flexibility index (Phi) is 5.24. The summed E-state index contributed by atoms with van der Waals surface area (Å²) < 4.78 is 13.1. The van der Waals surface area contributed by atoms with E-state index >= 15 is 0 Å². The summed E-state index contributed by atoms with van der Waals surface area (Å²) in [7, 11) is 0. The summed E-state index contributed by atoms with van der Waals surface area (Å²) in [4.78, 5) is 28.7. The molecule has 144 valence electrons. The molecule has 2 fully saturated rings. The summed E-state index contributed by atoms with van der Waals surface area (Å²) in [5.41, 5.74) is 2.02. The minimum absolute atomic E-state index is 0.00862. The lowest BCUT2D eigenvalue weighted by atomic mass is 10.1. The van der Waals surface area contributed by atoms with Gasteiger partial charge in [0.05, 0.1) is 0 Å². The Morgan fingerprint density at radius 2 is 1.54 bits per heavy atom. The van der Waals surface area contributed by atoms with Crippen molar-refractivity contribution < 1.29 is 14.0 Å². The van der Waals surface area contributed by atoms with Crippen molar-refractivity contribution >= 4 is 17.9 Å². The molecule has 1 saturated carbocycles. The zero-order chi connectivity index (χ0) is 19.5. The van der Waals surface area contributed by atoms with E-state index in [1.54, 1.807) is 23.1 Å². The molecule has 4 rings (SSSR count). The van der Waals surface area contributed by atoms with Gasteiger partial charge in [0.1, 0.15) is 5.82 Å². The van der Waals surface area contributed by atoms with Crippen LogP contribution in [0.1, 0.15) is 23.5 Å². The summed E-state index contributed by atoms with van der Waals surface area (Å²) in [6.45, 7) is 2.24. The van der Waals surface area contributed by atoms with Gasteiger partial charge in [0.15, 0.2) is 0 Å². The fraction of sp³-hybridized carbons (Fsp3) is 0.304. The molecule has 2 atom stereocenters. The molecule has 0 aromatic heterocycles. The SMILES string of the molecule is O=C(C=Cc1ccccc1)N1CCN(C(=O)C2CC2c2ccc(F)cc2)CC1. The summed E-state index contributed by atoms with van der Waals surface area (Å²) in [6.07, 6.45) is 4.24. The van der Waals surface area contributed by atoms with Gasteiger partial charge in [-0.1, -0.05) is 42.5 Å². The number of nitrogens with zero attached hydrogens (tertiary/aromatic N) is 2. The minimum atomic E-state index is -0.255. The Morgan fingerprint density at radius 1 is 0.893 bits per heavy atom. The summed E-state index contributed by atoms with van der Waals surface area (Å²) >= 11 is 0. The molecule has 0 bridgehead atoms. The second-order valence-corrected chi connectivity index (χ2v) is 7.39. The largest absolute Gasteiger partial charge is 0.339 e. The van der Waals surface area contributed by atoms with E-state index in [4.69, 9.17) is 0 Å². The van der Waals surface area contributed by atoms with E-state index in [0.717, 1.165) is 17.5 Å². The fourth-order valence-electron chi connectivity index (χ4n) is 3.77. The third-order valence-corrected chi connectivity index (χ3v) is 5.53. The lowest BCUT2D eigenvalue weighted by Crippen LogP contribution is -2.50. The molecule has 1 heterocycles. The number of amides is 2. The van der Waals surface area contributed by atoms with Crippen LogP contribution < -0.4 is 0 Å². The Morgan fingerprint density at radius 3 is 2.21 bits per heavy atom. The maximum Gasteiger partial charge on any atom is 0.246 e. The van der Waals surface area contributed by atoms with E-state index < -0.39 is 0 Å². The Hall–Kier alpha value is -2.95. The number of rotatable bonds is 4. The molecular formula is C23H23FN2O2. The second kappa shape index (κ2) is 7.97. The summed E-state index contributed by atoms with van der Waals surface area (Å²) in [5.74, 6) is 0.0643. The average Bonchev–Trinajstić information content (AvgIpc) is 3.54. The van der Waals surface area contributed by atoms with E-state index in [1.165, 1.54) is 12.1 Å². The van der Waals surface area contributed by atoms with Crippen LogP contribution in [-0.4, -0.2) is 47.8 Å². The molecule has 2 amide bonds. The third-order valence-electron chi connectivity index (χ3n) is 5.53. The molecular weight excluding hydrogens is 355 g/mol. The van der Waals surface area contributed by atoms with Gasteiger partial charge in [-0.3, -0.25) is 9.59 Å². The molecule has 1 aliphatic heterocycles. The maximum atomic E-state index is 13.1. The van der Waals surface area contributed by atoms with Crippen LogP contribution in [0.2, 0.25) is 0 Å². The van der Waals surface area contributed by atoms with Crippen LogP contribution >= 0.6 is 0 Å². The number of halogens is 1. The van der Waals surface area contributed by atoms with Crippen LogP contribution in [0.5, 0.6) is 0 Å². The van der Waals surface area contributed by atoms with Gasteiger partial charge >= 0.3 is 0 Å². The zero-order valence-electron chi connectivity index (χ0n) is 15.6. The van der Waals surface area contributed by atoms with Gasteiger partial charge in [0, 0.05) is 38.2 Å². The molecule has 2 aromatic carbocycles. The van der Waals surface area contributed by atoms with Crippen molar-refractivity contribution in [2.45, 2.75) is 12.3 Å². The number of carbonyl (C=O) groups excluding carboxylic acids is 2. The second-order valence-electron chi connectivity index (χ2n) is 7.39. The Bertz CT molecular complexity index is 871. The van der Waals surface area contributed by atoms with E-state index in [2.05, 4.69) is 0 Å². The molecule has 1 saturated heterocycles. The van der Waals surface area contributed by atoms with Gasteiger partial charge < -0.3 is 9.80 Å². The maximum absolute atomic E-state index is 13.1. The molecule has 2 unspecified atom stereocenters. The minimum Gasteiger partial charge on any atom is -0.339 e. The topological polar surface area (TPSA) is 40.6 Å². The highest BCUT2D eigenvalue weighted by atomic mass is 19.1. The van der Waals surface area contributed by atoms with Crippen molar-refractivity contribution in [3.8, 4) is 0 Å². The Labute approximate surface area is 164 Å². The van der Waals surface area contributed by atoms with Crippen molar-refractivity contribution in [3.63, 3.8) is 0 Å². The number of benzene rings is 2. The van der Waals surface area contributed by atoms with Gasteiger partial charge in [-0.25, -0.2) is 4.39 Å². The highest BCUT2D eigenvalue weighted by molar-refractivity contribution is 5.92. The van der Waals surface area contributed by atoms with Crippen LogP contribution in [-0.2, 0) is 9.59 Å². The first kappa shape index (κ1) is 18.4. The normalized spacial score (nSPS) is 21.8. The zero-order valence-corrected chi connectivity index (χ0v) is 15.6. The van der Waals surface area contributed by atoms with E-state index in [0.29, 0.717) is 26.2 Å². The van der Waals surface area contributed by atoms with Crippen molar-refractivity contribution in [1.82, 2.24) is 9.80 Å². The number of hydrogen-bond donors (Lipinski definition) is 0. The predicted molar refractivity (Wildman–Crippen MR) is 106 cm³/mol. The lowest BCUT2D eigenvalue weighted by Gasteiger charge is -2.34. The standard InChI is InChI=1S/C23H23FN2O2/c24-19-9-7-18(8-10-19)20-16-21(20)23(28)26-14-12-25(13-15-26)22(27)11-6-17-4-2-1-3-5-17/h1-11,20-21H,12-16H2. The first-order valence-corrected chi connectivity index (χ1v) is 9.68. The Balaban J connectivity index is 1.27. The summed E-state index contributed by atoms with van der Waals surface area (Å²) in [6, 6.07) is 16.1. The fourth-order valence-corrected chi connectivity index (χ4v) is 3.77. The highest BCUT2D eigenvalue weighted by Crippen LogP contribution is 2.48. The first-order chi connectivity index (χ1) is 13.6. The van der Waals surface area contributed by atoms with Crippen molar-refractivity contribution in [3.05, 3.63) is 77.6 Å². The lowest BCUT2D eigenvalue weighted by molar-refractivity contribution is -0.138. The van der Waals surface area contributed by atoms with Gasteiger partial charge in [0.25, 0.3) is 0 Å². The van der Waals surface area contributed by atoms with Gasteiger partial charge in [-0.15, -0.1) is 0 Å². The number of hydrogen-bond acceptors (Lipinski definition) is 2. The monoisotopic (exact) mass is 378 g/mol. The predicted octanol–water partition coefficient (Wildman–Crippen LogP) is 3.31. The van der Waals surface area contributed by atoms with Crippen LogP contribution in [0.3, 0.4) is 0 Å². The number of piperazine rings is 1. The van der Waals surface area contributed by atoms with E-state index in [-0.39, 0.29) is 29.5 Å². The molecule has 5 heteroatoms. The van der Waals surface area contributed by atoms with Gasteiger partial charge in [0.2, 0.25) is 11.8 Å². The molecule has 2 aliphatic rings. The van der Waals surface area contributed by atoms with Crippen LogP contribution in [0.4, 0.5) is 4.39 Å². The quantitative estimate of drug-likeness (QED) is 0.766. The molecule has 0 radical (unpaired) electrons. The average molecular weight is 378 g/mol. The van der Waals surface area contributed by atoms with Crippen molar-refractivity contribution in [2.24, 2.45) is 5.92 Å². The van der Waals surface area contributed by atoms with E-state index in [9.17, 15) is 14.0 Å². The molecule has 0 N–H and O–H groups in total. The summed E-state index contributed by atoms with van der Waals surface area (Å²) in [5, 5.41) is 0. The highest BCUT2D eigenvalue weighted by Gasteiger charge is 2.46. The molecule has 28 heavy (non-hydrogen) atoms. The van der Waals surface area contributed by atoms with Crippen LogP contribution in [0.25, 0.3) is 6.08 Å². The molecule has 0 spiro atoms. The third kappa shape index (κ3) is 4.14. The first-order valence-electron chi connectivity index (χ1n) is 9.68. The van der Waals surface area contributed by atoms with E-state index in [1.807, 2.05) is 41.3 Å². The molecule has 2 aromatic rings. The van der Waals surface area contributed by atoms with Gasteiger partial charge in [-0.2, -0.15) is 0 Å². The van der Waals surface area contributed by atoms with Crippen LogP contribution in [0.15, 0.2) is 60.7 Å². The van der Waals surface area contributed by atoms with Crippen molar-refractivity contribution in [1.29, 1.82) is 0 Å². The smallest absolute Gasteiger partial charge is 0.246 e. The van der Waals surface area contributed by atoms with Crippen LogP contribution in [0, 0.1) is 11.7 Å². The van der Waals surface area contributed by atoms with Crippen molar-refractivity contribution in [2.75, 3.05) is 26.2 Å². The van der Waals surface area contributed by atoms with Gasteiger partial charge in [-0.05, 0) is 41.7 Å². The molecule has 1 aliphatic carbocycles. The number of carbonyl (C=O) groups is 2.